The molecule has 0 amide bonds. The Balaban J connectivity index is 2.41. The van der Waals surface area contributed by atoms with Gasteiger partial charge in [-0.25, -0.2) is 0 Å². The minimum atomic E-state index is -0.355. The topological polar surface area (TPSA) is 41.5 Å². The van der Waals surface area contributed by atoms with Gasteiger partial charge in [-0.2, -0.15) is 0 Å². The molecule has 0 radical (unpaired) electrons. The third-order valence-corrected chi connectivity index (χ3v) is 2.35. The van der Waals surface area contributed by atoms with E-state index in [2.05, 4.69) is 5.32 Å². The predicted octanol–water partition coefficient (Wildman–Crippen LogP) is 1.54. The van der Waals surface area contributed by atoms with Crippen molar-refractivity contribution in [3.63, 3.8) is 0 Å². The molecule has 0 aromatic heterocycles. The molecular formula is C10H13NO2. The molecule has 70 valence electrons. The third-order valence-electron chi connectivity index (χ3n) is 2.35. The quantitative estimate of drug-likeness (QED) is 0.687. The van der Waals surface area contributed by atoms with Gasteiger partial charge in [-0.05, 0) is 24.6 Å². The van der Waals surface area contributed by atoms with Gasteiger partial charge in [0.15, 0.2) is 0 Å². The summed E-state index contributed by atoms with van der Waals surface area (Å²) < 4.78 is 5.09. The van der Waals surface area contributed by atoms with Crippen molar-refractivity contribution in [3.8, 4) is 5.75 Å². The van der Waals surface area contributed by atoms with Gasteiger partial charge in [0.2, 0.25) is 0 Å². The Morgan fingerprint density at radius 2 is 2.38 bits per heavy atom. The summed E-state index contributed by atoms with van der Waals surface area (Å²) in [5.74, 6) is 0.793. The number of rotatable bonds is 1. The molecule has 0 saturated heterocycles. The van der Waals surface area contributed by atoms with E-state index in [-0.39, 0.29) is 6.10 Å². The summed E-state index contributed by atoms with van der Waals surface area (Å²) in [5.41, 5.74) is 1.95. The highest BCUT2D eigenvalue weighted by atomic mass is 16.5. The first kappa shape index (κ1) is 8.38. The van der Waals surface area contributed by atoms with Gasteiger partial charge in [0.1, 0.15) is 5.75 Å². The molecule has 2 rings (SSSR count). The fraction of sp³-hybridized carbons (Fsp3) is 0.400. The molecule has 3 heteroatoms. The number of hydrogen-bond acceptors (Lipinski definition) is 3. The van der Waals surface area contributed by atoms with Gasteiger partial charge in [0.25, 0.3) is 0 Å². The van der Waals surface area contributed by atoms with Gasteiger partial charge in [0, 0.05) is 17.8 Å². The largest absolute Gasteiger partial charge is 0.497 e. The first-order valence-electron chi connectivity index (χ1n) is 4.41. The number of nitrogens with one attached hydrogen (secondary N) is 1. The molecule has 2 N–H and O–H groups in total. The van der Waals surface area contributed by atoms with Gasteiger partial charge < -0.3 is 15.2 Å². The number of aliphatic hydroxyl groups is 1. The highest BCUT2D eigenvalue weighted by Crippen LogP contribution is 2.32. The Kier molecular flexibility index (Phi) is 2.10. The Bertz CT molecular complexity index is 312. The minimum Gasteiger partial charge on any atom is -0.497 e. The van der Waals surface area contributed by atoms with Crippen molar-refractivity contribution in [1.29, 1.82) is 0 Å². The summed E-state index contributed by atoms with van der Waals surface area (Å²) in [6, 6.07) is 5.71. The molecule has 3 nitrogen and oxygen atoms in total. The van der Waals surface area contributed by atoms with Crippen molar-refractivity contribution in [1.82, 2.24) is 0 Å². The molecular weight excluding hydrogens is 166 g/mol. The zero-order chi connectivity index (χ0) is 9.26. The normalized spacial score (nSPS) is 20.3. The summed E-state index contributed by atoms with van der Waals surface area (Å²) in [4.78, 5) is 0. The van der Waals surface area contributed by atoms with Crippen LogP contribution < -0.4 is 10.1 Å². The van der Waals surface area contributed by atoms with E-state index in [0.717, 1.165) is 30.0 Å². The Morgan fingerprint density at radius 3 is 3.15 bits per heavy atom. The molecule has 13 heavy (non-hydrogen) atoms. The van der Waals surface area contributed by atoms with Crippen LogP contribution in [0.3, 0.4) is 0 Å². The first-order chi connectivity index (χ1) is 6.31. The van der Waals surface area contributed by atoms with Crippen LogP contribution in [0.2, 0.25) is 0 Å². The number of ether oxygens (including phenoxy) is 1. The van der Waals surface area contributed by atoms with Gasteiger partial charge >= 0.3 is 0 Å². The molecule has 1 atom stereocenters. The molecule has 0 bridgehead atoms. The lowest BCUT2D eigenvalue weighted by Gasteiger charge is -2.23. The second-order valence-corrected chi connectivity index (χ2v) is 3.18. The average Bonchev–Trinajstić information content (AvgIpc) is 2.18. The number of methoxy groups -OCH3 is 1. The van der Waals surface area contributed by atoms with Gasteiger partial charge in [-0.15, -0.1) is 0 Å². The average molecular weight is 179 g/mol. The second-order valence-electron chi connectivity index (χ2n) is 3.18. The summed E-state index contributed by atoms with van der Waals surface area (Å²) in [7, 11) is 1.63. The highest BCUT2D eigenvalue weighted by molar-refractivity contribution is 5.56. The molecule has 0 saturated carbocycles. The standard InChI is InChI=1S/C10H13NO2/c1-13-7-2-3-9-8(6-7)10(12)4-5-11-9/h2-3,6,10-12H,4-5H2,1H3/t10-/m1/s1. The van der Waals surface area contributed by atoms with E-state index in [1.54, 1.807) is 7.11 Å². The molecule has 0 aliphatic carbocycles. The van der Waals surface area contributed by atoms with Crippen molar-refractivity contribution < 1.29 is 9.84 Å². The second kappa shape index (κ2) is 3.26. The fourth-order valence-electron chi connectivity index (χ4n) is 1.60. The number of aliphatic hydroxyl groups excluding tert-OH is 1. The van der Waals surface area contributed by atoms with E-state index >= 15 is 0 Å². The molecule has 0 unspecified atom stereocenters. The summed E-state index contributed by atoms with van der Waals surface area (Å²) in [5, 5.41) is 12.9. The van der Waals surface area contributed by atoms with E-state index in [4.69, 9.17) is 4.74 Å². The number of hydrogen-bond donors (Lipinski definition) is 2. The van der Waals surface area contributed by atoms with Crippen LogP contribution in [0.15, 0.2) is 18.2 Å². The number of fused-ring (bicyclic) bond motifs is 1. The monoisotopic (exact) mass is 179 g/mol. The van der Waals surface area contributed by atoms with E-state index in [1.807, 2.05) is 18.2 Å². The van der Waals surface area contributed by atoms with Crippen LogP contribution in [0.25, 0.3) is 0 Å². The van der Waals surface area contributed by atoms with Crippen LogP contribution in [0.4, 0.5) is 5.69 Å². The maximum atomic E-state index is 9.69. The summed E-state index contributed by atoms with van der Waals surface area (Å²) >= 11 is 0. The van der Waals surface area contributed by atoms with Crippen LogP contribution >= 0.6 is 0 Å². The molecule has 1 aromatic rings. The molecule has 0 fully saturated rings. The van der Waals surface area contributed by atoms with E-state index < -0.39 is 0 Å². The summed E-state index contributed by atoms with van der Waals surface area (Å²) in [6.45, 7) is 0.834. The van der Waals surface area contributed by atoms with Gasteiger partial charge in [0.05, 0.1) is 13.2 Å². The van der Waals surface area contributed by atoms with Crippen LogP contribution in [-0.4, -0.2) is 18.8 Å². The molecule has 1 heterocycles. The lowest BCUT2D eigenvalue weighted by atomic mass is 10.0. The van der Waals surface area contributed by atoms with Crippen molar-refractivity contribution in [2.45, 2.75) is 12.5 Å². The van der Waals surface area contributed by atoms with Gasteiger partial charge in [-0.3, -0.25) is 0 Å². The van der Waals surface area contributed by atoms with Gasteiger partial charge in [-0.1, -0.05) is 0 Å². The fourth-order valence-corrected chi connectivity index (χ4v) is 1.60. The van der Waals surface area contributed by atoms with E-state index in [0.29, 0.717) is 0 Å². The first-order valence-corrected chi connectivity index (χ1v) is 4.41. The van der Waals surface area contributed by atoms with Crippen molar-refractivity contribution in [3.05, 3.63) is 23.8 Å². The Labute approximate surface area is 77.3 Å². The lowest BCUT2D eigenvalue weighted by molar-refractivity contribution is 0.168. The van der Waals surface area contributed by atoms with E-state index in [9.17, 15) is 5.11 Å². The SMILES string of the molecule is COc1ccc2c(c1)[C@H](O)CCN2. The maximum absolute atomic E-state index is 9.69. The van der Waals surface area contributed by atoms with Crippen molar-refractivity contribution in [2.75, 3.05) is 19.0 Å². The predicted molar refractivity (Wildman–Crippen MR) is 51.1 cm³/mol. The molecule has 0 spiro atoms. The Hall–Kier alpha value is -1.22. The molecule has 1 aromatic carbocycles. The highest BCUT2D eigenvalue weighted by Gasteiger charge is 2.17. The molecule has 1 aliphatic rings. The van der Waals surface area contributed by atoms with Crippen LogP contribution in [0.1, 0.15) is 18.1 Å². The smallest absolute Gasteiger partial charge is 0.119 e. The maximum Gasteiger partial charge on any atom is 0.119 e. The summed E-state index contributed by atoms with van der Waals surface area (Å²) in [6.07, 6.45) is 0.409. The molecule has 1 aliphatic heterocycles. The Morgan fingerprint density at radius 1 is 1.54 bits per heavy atom. The van der Waals surface area contributed by atoms with Crippen LogP contribution in [-0.2, 0) is 0 Å². The van der Waals surface area contributed by atoms with Crippen molar-refractivity contribution >= 4 is 5.69 Å². The number of anilines is 1. The van der Waals surface area contributed by atoms with E-state index in [1.165, 1.54) is 0 Å². The zero-order valence-electron chi connectivity index (χ0n) is 7.58. The van der Waals surface area contributed by atoms with Crippen LogP contribution in [0, 0.1) is 0 Å². The van der Waals surface area contributed by atoms with Crippen molar-refractivity contribution in [2.24, 2.45) is 0 Å². The minimum absolute atomic E-state index is 0.355. The third kappa shape index (κ3) is 1.47. The zero-order valence-corrected chi connectivity index (χ0v) is 7.58. The number of benzene rings is 1. The lowest BCUT2D eigenvalue weighted by Crippen LogP contribution is -2.16. The van der Waals surface area contributed by atoms with Crippen LogP contribution in [0.5, 0.6) is 5.75 Å².